The zero-order valence-electron chi connectivity index (χ0n) is 15.6. The van der Waals surface area contributed by atoms with Gasteiger partial charge in [-0.05, 0) is 52.8 Å². The van der Waals surface area contributed by atoms with E-state index in [-0.39, 0.29) is 11.7 Å². The van der Waals surface area contributed by atoms with Crippen LogP contribution in [0, 0.1) is 0 Å². The molecule has 1 aliphatic rings. The summed E-state index contributed by atoms with van der Waals surface area (Å²) in [6.45, 7) is 0.860. The Balaban J connectivity index is 1.29. The topological polar surface area (TPSA) is 58.6 Å². The molecule has 1 amide bonds. The van der Waals surface area contributed by atoms with Gasteiger partial charge in [-0.1, -0.05) is 60.7 Å². The lowest BCUT2D eigenvalue weighted by atomic mass is 9.98. The summed E-state index contributed by atoms with van der Waals surface area (Å²) >= 11 is 0. The summed E-state index contributed by atoms with van der Waals surface area (Å²) in [7, 11) is 0. The monoisotopic (exact) mass is 373 g/mol. The van der Waals surface area contributed by atoms with E-state index >= 15 is 0 Å². The molecule has 28 heavy (non-hydrogen) atoms. The standard InChI is InChI=1S/C24H23NO3/c26-18-9-5-7-17(15-18)8-6-14-25-24(27)28-16-23-21-12-3-1-10-19(21)20-11-2-4-13-22(20)23/h1-5,7,9-13,15,23,26H,6,8,14,16H2,(H,25,27). The van der Waals surface area contributed by atoms with E-state index in [0.717, 1.165) is 18.4 Å². The van der Waals surface area contributed by atoms with Crippen LogP contribution in [0.2, 0.25) is 0 Å². The summed E-state index contributed by atoms with van der Waals surface area (Å²) < 4.78 is 5.52. The second kappa shape index (κ2) is 8.17. The Morgan fingerprint density at radius 3 is 2.29 bits per heavy atom. The lowest BCUT2D eigenvalue weighted by Gasteiger charge is -2.14. The number of nitrogens with one attached hydrogen (secondary N) is 1. The maximum Gasteiger partial charge on any atom is 0.407 e. The molecular formula is C24H23NO3. The zero-order chi connectivity index (χ0) is 19.3. The van der Waals surface area contributed by atoms with Gasteiger partial charge in [0.15, 0.2) is 0 Å². The molecule has 4 heteroatoms. The number of fused-ring (bicyclic) bond motifs is 3. The lowest BCUT2D eigenvalue weighted by molar-refractivity contribution is 0.143. The number of carbonyl (C=O) groups excluding carboxylic acids is 1. The highest BCUT2D eigenvalue weighted by Gasteiger charge is 2.28. The van der Waals surface area contributed by atoms with Gasteiger partial charge in [0.05, 0.1) is 0 Å². The van der Waals surface area contributed by atoms with Crippen LogP contribution in [0.25, 0.3) is 11.1 Å². The number of hydrogen-bond donors (Lipinski definition) is 2. The van der Waals surface area contributed by atoms with Crippen molar-refractivity contribution >= 4 is 6.09 Å². The number of phenols is 1. The highest BCUT2D eigenvalue weighted by molar-refractivity contribution is 5.79. The predicted octanol–water partition coefficient (Wildman–Crippen LogP) is 4.86. The molecule has 4 rings (SSSR count). The number of phenolic OH excluding ortho intramolecular Hbond substituents is 1. The number of hydrogen-bond acceptors (Lipinski definition) is 3. The van der Waals surface area contributed by atoms with Crippen LogP contribution in [0.15, 0.2) is 72.8 Å². The van der Waals surface area contributed by atoms with Gasteiger partial charge in [-0.3, -0.25) is 0 Å². The fraction of sp³-hybridized carbons (Fsp3) is 0.208. The predicted molar refractivity (Wildman–Crippen MR) is 109 cm³/mol. The van der Waals surface area contributed by atoms with Crippen LogP contribution in [-0.2, 0) is 11.2 Å². The Hall–Kier alpha value is -3.27. The van der Waals surface area contributed by atoms with E-state index in [0.29, 0.717) is 13.2 Å². The number of alkyl carbamates (subject to hydrolysis) is 1. The van der Waals surface area contributed by atoms with E-state index in [9.17, 15) is 9.90 Å². The molecule has 3 aromatic carbocycles. The van der Waals surface area contributed by atoms with Crippen molar-refractivity contribution in [1.29, 1.82) is 0 Å². The van der Waals surface area contributed by atoms with Crippen LogP contribution in [0.1, 0.15) is 29.0 Å². The normalized spacial score (nSPS) is 12.3. The molecule has 0 unspecified atom stereocenters. The molecule has 0 bridgehead atoms. The third-order valence-corrected chi connectivity index (χ3v) is 5.17. The lowest BCUT2D eigenvalue weighted by Crippen LogP contribution is -2.27. The van der Waals surface area contributed by atoms with E-state index in [1.165, 1.54) is 22.3 Å². The van der Waals surface area contributed by atoms with Crippen molar-refractivity contribution in [3.8, 4) is 16.9 Å². The molecule has 3 aromatic rings. The van der Waals surface area contributed by atoms with Crippen LogP contribution in [-0.4, -0.2) is 24.4 Å². The first-order chi connectivity index (χ1) is 13.7. The molecule has 0 heterocycles. The highest BCUT2D eigenvalue weighted by Crippen LogP contribution is 2.44. The van der Waals surface area contributed by atoms with Crippen molar-refractivity contribution in [3.63, 3.8) is 0 Å². The van der Waals surface area contributed by atoms with E-state index < -0.39 is 6.09 Å². The van der Waals surface area contributed by atoms with E-state index in [1.54, 1.807) is 12.1 Å². The summed E-state index contributed by atoms with van der Waals surface area (Å²) in [5.41, 5.74) is 5.91. The number of rotatable bonds is 6. The third kappa shape index (κ3) is 3.86. The van der Waals surface area contributed by atoms with Gasteiger partial charge in [0.2, 0.25) is 0 Å². The van der Waals surface area contributed by atoms with E-state index in [1.807, 2.05) is 36.4 Å². The molecule has 0 radical (unpaired) electrons. The van der Waals surface area contributed by atoms with Crippen LogP contribution >= 0.6 is 0 Å². The Kier molecular flexibility index (Phi) is 5.29. The molecular weight excluding hydrogens is 350 g/mol. The molecule has 2 N–H and O–H groups in total. The quantitative estimate of drug-likeness (QED) is 0.607. The molecule has 142 valence electrons. The Morgan fingerprint density at radius 1 is 0.929 bits per heavy atom. The summed E-state index contributed by atoms with van der Waals surface area (Å²) in [6.07, 6.45) is 1.18. The van der Waals surface area contributed by atoms with Crippen molar-refractivity contribution in [2.45, 2.75) is 18.8 Å². The number of amides is 1. The summed E-state index contributed by atoms with van der Waals surface area (Å²) in [4.78, 5) is 12.1. The molecule has 1 aliphatic carbocycles. The molecule has 4 nitrogen and oxygen atoms in total. The fourth-order valence-electron chi connectivity index (χ4n) is 3.84. The average Bonchev–Trinajstić information content (AvgIpc) is 3.04. The zero-order valence-corrected chi connectivity index (χ0v) is 15.6. The van der Waals surface area contributed by atoms with E-state index in [4.69, 9.17) is 4.74 Å². The minimum Gasteiger partial charge on any atom is -0.508 e. The number of benzene rings is 3. The largest absolute Gasteiger partial charge is 0.508 e. The van der Waals surface area contributed by atoms with Gasteiger partial charge in [-0.25, -0.2) is 4.79 Å². The molecule has 0 fully saturated rings. The molecule has 0 atom stereocenters. The van der Waals surface area contributed by atoms with Gasteiger partial charge >= 0.3 is 6.09 Å². The van der Waals surface area contributed by atoms with E-state index in [2.05, 4.69) is 29.6 Å². The number of ether oxygens (including phenoxy) is 1. The first-order valence-electron chi connectivity index (χ1n) is 9.59. The Bertz CT molecular complexity index is 937. The van der Waals surface area contributed by atoms with Crippen LogP contribution in [0.3, 0.4) is 0 Å². The van der Waals surface area contributed by atoms with Crippen molar-refractivity contribution in [1.82, 2.24) is 5.32 Å². The van der Waals surface area contributed by atoms with Crippen molar-refractivity contribution in [3.05, 3.63) is 89.5 Å². The molecule has 0 saturated carbocycles. The van der Waals surface area contributed by atoms with Gasteiger partial charge in [0.25, 0.3) is 0 Å². The first kappa shape index (κ1) is 18.1. The summed E-state index contributed by atoms with van der Waals surface area (Å²) in [6, 6.07) is 23.8. The SMILES string of the molecule is O=C(NCCCc1cccc(O)c1)OCC1c2ccccc2-c2ccccc21. The Morgan fingerprint density at radius 2 is 1.61 bits per heavy atom. The van der Waals surface area contributed by atoms with Gasteiger partial charge in [-0.2, -0.15) is 0 Å². The molecule has 0 spiro atoms. The number of carbonyl (C=O) groups is 1. The second-order valence-electron chi connectivity index (χ2n) is 7.03. The molecule has 0 saturated heterocycles. The molecule has 0 aliphatic heterocycles. The first-order valence-corrected chi connectivity index (χ1v) is 9.59. The smallest absolute Gasteiger partial charge is 0.407 e. The molecule has 0 aromatic heterocycles. The van der Waals surface area contributed by atoms with Gasteiger partial charge < -0.3 is 15.2 Å². The summed E-state index contributed by atoms with van der Waals surface area (Å²) in [5.74, 6) is 0.340. The van der Waals surface area contributed by atoms with Gasteiger partial charge in [0, 0.05) is 12.5 Å². The minimum atomic E-state index is -0.391. The maximum atomic E-state index is 12.1. The van der Waals surface area contributed by atoms with Crippen LogP contribution in [0.4, 0.5) is 4.79 Å². The fourth-order valence-corrected chi connectivity index (χ4v) is 3.84. The third-order valence-electron chi connectivity index (χ3n) is 5.17. The van der Waals surface area contributed by atoms with Gasteiger partial charge in [-0.15, -0.1) is 0 Å². The number of aromatic hydroxyl groups is 1. The van der Waals surface area contributed by atoms with Crippen molar-refractivity contribution < 1.29 is 14.6 Å². The van der Waals surface area contributed by atoms with Crippen molar-refractivity contribution in [2.75, 3.05) is 13.2 Å². The van der Waals surface area contributed by atoms with Crippen LogP contribution < -0.4 is 5.32 Å². The number of aryl methyl sites for hydroxylation is 1. The second-order valence-corrected chi connectivity index (χ2v) is 7.03. The maximum absolute atomic E-state index is 12.1. The average molecular weight is 373 g/mol. The Labute approximate surface area is 164 Å². The van der Waals surface area contributed by atoms with Crippen LogP contribution in [0.5, 0.6) is 5.75 Å². The van der Waals surface area contributed by atoms with Crippen molar-refractivity contribution in [2.24, 2.45) is 0 Å². The minimum absolute atomic E-state index is 0.0745. The van der Waals surface area contributed by atoms with Gasteiger partial charge in [0.1, 0.15) is 12.4 Å². The highest BCUT2D eigenvalue weighted by atomic mass is 16.5. The summed E-state index contributed by atoms with van der Waals surface area (Å²) in [5, 5.41) is 12.3.